The van der Waals surface area contributed by atoms with Crippen LogP contribution in [0.1, 0.15) is 80.0 Å². The largest absolute Gasteiger partial charge is 0.456 e. The molecule has 2 atom stereocenters. The Morgan fingerprint density at radius 1 is 1.14 bits per heavy atom. The van der Waals surface area contributed by atoms with E-state index in [9.17, 15) is 9.59 Å². The number of hydrogen-bond acceptors (Lipinski definition) is 9. The molecule has 0 saturated carbocycles. The van der Waals surface area contributed by atoms with E-state index < -0.39 is 11.6 Å². The van der Waals surface area contributed by atoms with Gasteiger partial charge in [0, 0.05) is 35.7 Å². The lowest BCUT2D eigenvalue weighted by Crippen LogP contribution is -2.28. The molecule has 5 rings (SSSR count). The average molecular weight is 583 g/mol. The van der Waals surface area contributed by atoms with Gasteiger partial charge >= 0.3 is 5.97 Å². The highest BCUT2D eigenvalue weighted by molar-refractivity contribution is 5.96. The maximum Gasteiger partial charge on any atom is 0.340 e. The highest BCUT2D eigenvalue weighted by Gasteiger charge is 2.23. The fourth-order valence-electron chi connectivity index (χ4n) is 5.16. The summed E-state index contributed by atoms with van der Waals surface area (Å²) in [5.41, 5.74) is 3.39. The smallest absolute Gasteiger partial charge is 0.340 e. The van der Waals surface area contributed by atoms with Crippen LogP contribution < -0.4 is 16.1 Å². The SMILES string of the molecule is Cc1cc(C(C)Nc2ccccc2C(=O)OC(C)(C)C)c2oc(-c3ccc(C=N)c(NC4CCCCO4)n3)cc(=O)c2c1. The summed E-state index contributed by atoms with van der Waals surface area (Å²) < 4.78 is 17.9. The lowest BCUT2D eigenvalue weighted by Gasteiger charge is -2.24. The Morgan fingerprint density at radius 3 is 2.65 bits per heavy atom. The van der Waals surface area contributed by atoms with Crippen molar-refractivity contribution in [2.24, 2.45) is 0 Å². The van der Waals surface area contributed by atoms with Gasteiger partial charge in [-0.2, -0.15) is 0 Å². The molecule has 2 aromatic heterocycles. The minimum atomic E-state index is -0.633. The summed E-state index contributed by atoms with van der Waals surface area (Å²) in [6.07, 6.45) is 3.96. The van der Waals surface area contributed by atoms with Gasteiger partial charge in [0.2, 0.25) is 0 Å². The van der Waals surface area contributed by atoms with Gasteiger partial charge in [-0.25, -0.2) is 9.78 Å². The van der Waals surface area contributed by atoms with E-state index in [1.165, 1.54) is 12.3 Å². The molecule has 3 N–H and O–H groups in total. The first-order chi connectivity index (χ1) is 20.5. The van der Waals surface area contributed by atoms with E-state index in [2.05, 4.69) is 10.6 Å². The molecule has 3 heterocycles. The number of anilines is 2. The van der Waals surface area contributed by atoms with Crippen LogP contribution in [0, 0.1) is 12.3 Å². The molecule has 0 spiro atoms. The fourth-order valence-corrected chi connectivity index (χ4v) is 5.16. The van der Waals surface area contributed by atoms with Crippen molar-refractivity contribution >= 4 is 34.7 Å². The van der Waals surface area contributed by atoms with Crippen molar-refractivity contribution in [2.45, 2.75) is 71.8 Å². The Hall–Kier alpha value is -4.50. The standard InChI is InChI=1S/C34H38N4O5/c1-20-16-24(21(2)36-26-11-7-6-10-23(26)33(40)43-34(3,4)5)31-25(17-20)28(39)18-29(42-31)27-14-13-22(19-35)32(37-27)38-30-12-8-9-15-41-30/h6-7,10-11,13-14,16-19,21,30,35-36H,8-9,12,15H2,1-5H3,(H,37,38). The fraction of sp³-hybridized carbons (Fsp3) is 0.353. The molecular weight excluding hydrogens is 544 g/mol. The molecule has 9 heteroatoms. The summed E-state index contributed by atoms with van der Waals surface area (Å²) in [4.78, 5) is 31.1. The number of carbonyl (C=O) groups is 1. The molecule has 0 radical (unpaired) electrons. The minimum absolute atomic E-state index is 0.189. The number of aromatic nitrogens is 1. The number of nitrogens with zero attached hydrogens (tertiary/aromatic N) is 1. The van der Waals surface area contributed by atoms with Crippen LogP contribution in [0.3, 0.4) is 0 Å². The molecule has 0 amide bonds. The summed E-state index contributed by atoms with van der Waals surface area (Å²) in [7, 11) is 0. The normalized spacial score (nSPS) is 16.0. The quantitative estimate of drug-likeness (QED) is 0.147. The Morgan fingerprint density at radius 2 is 1.93 bits per heavy atom. The average Bonchev–Trinajstić information content (AvgIpc) is 2.97. The molecule has 1 saturated heterocycles. The predicted molar refractivity (Wildman–Crippen MR) is 169 cm³/mol. The van der Waals surface area contributed by atoms with Crippen molar-refractivity contribution in [3.8, 4) is 11.5 Å². The number of rotatable bonds is 8. The van der Waals surface area contributed by atoms with Gasteiger partial charge in [-0.1, -0.05) is 18.2 Å². The molecule has 43 heavy (non-hydrogen) atoms. The molecule has 1 aliphatic rings. The summed E-state index contributed by atoms with van der Waals surface area (Å²) in [6, 6.07) is 15.6. The maximum atomic E-state index is 13.4. The number of hydrogen-bond donors (Lipinski definition) is 3. The van der Waals surface area contributed by atoms with Crippen LogP contribution in [0.15, 0.2) is 63.8 Å². The van der Waals surface area contributed by atoms with E-state index in [0.29, 0.717) is 51.7 Å². The third-order valence-corrected chi connectivity index (χ3v) is 7.20. The van der Waals surface area contributed by atoms with E-state index >= 15 is 0 Å². The molecule has 224 valence electrons. The van der Waals surface area contributed by atoms with Crippen molar-refractivity contribution in [1.29, 1.82) is 5.41 Å². The van der Waals surface area contributed by atoms with Crippen molar-refractivity contribution in [2.75, 3.05) is 17.2 Å². The van der Waals surface area contributed by atoms with Gasteiger partial charge < -0.3 is 29.9 Å². The number of esters is 1. The first-order valence-electron chi connectivity index (χ1n) is 14.6. The molecule has 0 aliphatic carbocycles. The third-order valence-electron chi connectivity index (χ3n) is 7.20. The monoisotopic (exact) mass is 582 g/mol. The third kappa shape index (κ3) is 6.94. The van der Waals surface area contributed by atoms with Gasteiger partial charge in [0.1, 0.15) is 28.9 Å². The van der Waals surface area contributed by atoms with Gasteiger partial charge in [0.15, 0.2) is 11.2 Å². The Balaban J connectivity index is 1.53. The number of para-hydroxylation sites is 1. The number of pyridine rings is 1. The van der Waals surface area contributed by atoms with Crippen LogP contribution in [-0.2, 0) is 9.47 Å². The predicted octanol–water partition coefficient (Wildman–Crippen LogP) is 7.23. The first kappa shape index (κ1) is 30.0. The van der Waals surface area contributed by atoms with E-state index in [1.54, 1.807) is 24.3 Å². The first-order valence-corrected chi connectivity index (χ1v) is 14.6. The van der Waals surface area contributed by atoms with Crippen LogP contribution in [0.25, 0.3) is 22.4 Å². The molecule has 1 aliphatic heterocycles. The van der Waals surface area contributed by atoms with Crippen LogP contribution in [0.5, 0.6) is 0 Å². The summed E-state index contributed by atoms with van der Waals surface area (Å²) in [6.45, 7) is 10.1. The molecule has 1 fully saturated rings. The summed E-state index contributed by atoms with van der Waals surface area (Å²) >= 11 is 0. The topological polar surface area (TPSA) is 127 Å². The second-order valence-electron chi connectivity index (χ2n) is 11.9. The zero-order valence-corrected chi connectivity index (χ0v) is 25.2. The van der Waals surface area contributed by atoms with E-state index in [0.717, 1.165) is 30.4 Å². The van der Waals surface area contributed by atoms with Crippen LogP contribution in [0.2, 0.25) is 0 Å². The highest BCUT2D eigenvalue weighted by Crippen LogP contribution is 2.32. The second kappa shape index (κ2) is 12.4. The molecular formula is C34H38N4O5. The Labute approximate surface area is 251 Å². The molecule has 9 nitrogen and oxygen atoms in total. The number of ether oxygens (including phenoxy) is 2. The van der Waals surface area contributed by atoms with Gasteiger partial charge in [0.25, 0.3) is 0 Å². The van der Waals surface area contributed by atoms with Gasteiger partial charge in [0.05, 0.1) is 17.0 Å². The zero-order valence-electron chi connectivity index (χ0n) is 25.2. The number of benzene rings is 2. The molecule has 4 aromatic rings. The summed E-state index contributed by atoms with van der Waals surface area (Å²) in [5.74, 6) is 0.390. The van der Waals surface area contributed by atoms with Crippen molar-refractivity contribution in [3.05, 3.63) is 87.1 Å². The van der Waals surface area contributed by atoms with E-state index in [1.807, 2.05) is 58.9 Å². The van der Waals surface area contributed by atoms with Crippen molar-refractivity contribution in [1.82, 2.24) is 4.98 Å². The number of aryl methyl sites for hydroxylation is 1. The van der Waals surface area contributed by atoms with Crippen LogP contribution in [0.4, 0.5) is 11.5 Å². The maximum absolute atomic E-state index is 13.4. The molecule has 0 bridgehead atoms. The molecule has 2 aromatic carbocycles. The minimum Gasteiger partial charge on any atom is -0.456 e. The lowest BCUT2D eigenvalue weighted by molar-refractivity contribution is 0.00705. The van der Waals surface area contributed by atoms with Crippen LogP contribution >= 0.6 is 0 Å². The van der Waals surface area contributed by atoms with E-state index in [-0.39, 0.29) is 17.7 Å². The van der Waals surface area contributed by atoms with E-state index in [4.69, 9.17) is 24.3 Å². The summed E-state index contributed by atoms with van der Waals surface area (Å²) in [5, 5.41) is 15.0. The Bertz CT molecular complexity index is 1720. The van der Waals surface area contributed by atoms with Gasteiger partial charge in [-0.15, -0.1) is 0 Å². The highest BCUT2D eigenvalue weighted by atomic mass is 16.6. The second-order valence-corrected chi connectivity index (χ2v) is 11.9. The number of carbonyl (C=O) groups excluding carboxylic acids is 1. The number of nitrogens with one attached hydrogen (secondary N) is 3. The Kier molecular flexibility index (Phi) is 8.64. The lowest BCUT2D eigenvalue weighted by atomic mass is 10.0. The van der Waals surface area contributed by atoms with Crippen LogP contribution in [-0.4, -0.2) is 35.6 Å². The molecule has 2 unspecified atom stereocenters. The number of fused-ring (bicyclic) bond motifs is 1. The van der Waals surface area contributed by atoms with Gasteiger partial charge in [-0.3, -0.25) is 4.79 Å². The zero-order chi connectivity index (χ0) is 30.7. The van der Waals surface area contributed by atoms with Gasteiger partial charge in [-0.05, 0) is 89.8 Å². The van der Waals surface area contributed by atoms with Crippen molar-refractivity contribution in [3.63, 3.8) is 0 Å². The van der Waals surface area contributed by atoms with Crippen molar-refractivity contribution < 1.29 is 18.7 Å².